The number of aliphatic carboxylic acids is 1. The molecule has 5 N–H and O–H groups in total. The number of carboxylic acid groups (broad SMARTS) is 1. The molecule has 0 amide bonds. The van der Waals surface area contributed by atoms with Gasteiger partial charge in [-0.05, 0) is 5.18 Å². The summed E-state index contributed by atoms with van der Waals surface area (Å²) in [6, 6.07) is -1.35. The number of nitrogens with one attached hydrogen (secondary N) is 1. The maximum absolute atomic E-state index is 11.6. The van der Waals surface area contributed by atoms with E-state index in [-0.39, 0.29) is 5.95 Å². The second-order valence-electron chi connectivity index (χ2n) is 3.34. The number of nitrogen functional groups attached to an aromatic ring is 1. The zero-order valence-electron chi connectivity index (χ0n) is 9.32. The number of rotatable bonds is 5. The lowest BCUT2D eigenvalue weighted by Gasteiger charge is -2.15. The molecule has 0 fully saturated rings. The predicted molar refractivity (Wildman–Crippen MR) is 61.5 cm³/mol. The topological polar surface area (TPSA) is 160 Å². The van der Waals surface area contributed by atoms with E-state index >= 15 is 0 Å². The number of nitrogens with two attached hydrogens (primary N) is 1. The monoisotopic (exact) mass is 257 g/mol. The Morgan fingerprint density at radius 1 is 1.67 bits per heavy atom. The Labute approximate surface area is 100 Å². The van der Waals surface area contributed by atoms with E-state index in [4.69, 9.17) is 15.9 Å². The van der Waals surface area contributed by atoms with Gasteiger partial charge in [-0.25, -0.2) is 4.79 Å². The molecule has 0 radical (unpaired) electrons. The fourth-order valence-electron chi connectivity index (χ4n) is 1.16. The summed E-state index contributed by atoms with van der Waals surface area (Å²) >= 11 is 0. The Morgan fingerprint density at radius 3 is 2.72 bits per heavy atom. The van der Waals surface area contributed by atoms with Crippen molar-refractivity contribution in [3.63, 3.8) is 0 Å². The van der Waals surface area contributed by atoms with E-state index in [9.17, 15) is 14.5 Å². The van der Waals surface area contributed by atoms with Crippen LogP contribution in [0.2, 0.25) is 0 Å². The van der Waals surface area contributed by atoms with Gasteiger partial charge in [-0.1, -0.05) is 0 Å². The Hall–Kier alpha value is -2.49. The number of aromatic nitrogens is 2. The maximum Gasteiger partial charge on any atom is 0.328 e. The van der Waals surface area contributed by atoms with Gasteiger partial charge < -0.3 is 21.3 Å². The Balaban J connectivity index is 3.23. The molecular formula is C8H11N5O5. The summed E-state index contributed by atoms with van der Waals surface area (Å²) < 4.78 is 0.874. The quantitative estimate of drug-likeness (QED) is 0.469. The average Bonchev–Trinajstić information content (AvgIpc) is 2.32. The van der Waals surface area contributed by atoms with Gasteiger partial charge in [-0.2, -0.15) is 4.98 Å². The smallest absolute Gasteiger partial charge is 0.328 e. The summed E-state index contributed by atoms with van der Waals surface area (Å²) in [5.74, 6) is -1.94. The number of aliphatic hydroxyl groups is 1. The van der Waals surface area contributed by atoms with Crippen molar-refractivity contribution in [3.05, 3.63) is 15.3 Å². The zero-order chi connectivity index (χ0) is 13.9. The van der Waals surface area contributed by atoms with Crippen molar-refractivity contribution in [2.24, 2.45) is 12.2 Å². The second kappa shape index (κ2) is 5.23. The summed E-state index contributed by atoms with van der Waals surface area (Å²) in [6.07, 6.45) is 0. The van der Waals surface area contributed by atoms with E-state index in [0.717, 1.165) is 4.57 Å². The van der Waals surface area contributed by atoms with Crippen molar-refractivity contribution in [1.29, 1.82) is 0 Å². The molecule has 0 aliphatic rings. The van der Waals surface area contributed by atoms with Crippen LogP contribution in [0.25, 0.3) is 0 Å². The lowest BCUT2D eigenvalue weighted by atomic mass is 10.3. The van der Waals surface area contributed by atoms with Crippen molar-refractivity contribution in [2.75, 3.05) is 17.7 Å². The molecule has 1 aromatic rings. The van der Waals surface area contributed by atoms with Gasteiger partial charge in [-0.3, -0.25) is 9.36 Å². The Bertz CT molecular complexity index is 539. The molecule has 0 bridgehead atoms. The standard InChI is InChI=1S/C8H11N5O5/c1-13-6(15)4(12-18)5(9)11-8(13)10-3(2-14)7(16)17/h3,14H,2,9H2,1H3,(H,10,11)(H,16,17). The molecule has 10 nitrogen and oxygen atoms in total. The van der Waals surface area contributed by atoms with Crippen LogP contribution in [-0.4, -0.2) is 38.4 Å². The number of nitroso groups, excluding NO2 is 1. The summed E-state index contributed by atoms with van der Waals surface area (Å²) in [4.78, 5) is 36.3. The molecule has 1 atom stereocenters. The molecule has 98 valence electrons. The first-order valence-corrected chi connectivity index (χ1v) is 4.72. The highest BCUT2D eigenvalue weighted by molar-refractivity contribution is 5.77. The normalized spacial score (nSPS) is 11.9. The fraction of sp³-hybridized carbons (Fsp3) is 0.375. The lowest BCUT2D eigenvalue weighted by Crippen LogP contribution is -2.36. The molecular weight excluding hydrogens is 246 g/mol. The van der Waals surface area contributed by atoms with E-state index in [1.165, 1.54) is 7.05 Å². The van der Waals surface area contributed by atoms with E-state index in [0.29, 0.717) is 0 Å². The molecule has 0 aliphatic heterocycles. The van der Waals surface area contributed by atoms with Crippen LogP contribution in [0, 0.1) is 4.91 Å². The molecule has 1 heterocycles. The minimum absolute atomic E-state index is 0.189. The van der Waals surface area contributed by atoms with Crippen molar-refractivity contribution in [3.8, 4) is 0 Å². The van der Waals surface area contributed by atoms with Crippen LogP contribution in [0.3, 0.4) is 0 Å². The van der Waals surface area contributed by atoms with Gasteiger partial charge in [0.15, 0.2) is 5.82 Å². The number of carboxylic acids is 1. The highest BCUT2D eigenvalue weighted by atomic mass is 16.4. The van der Waals surface area contributed by atoms with Crippen molar-refractivity contribution in [2.45, 2.75) is 6.04 Å². The zero-order valence-corrected chi connectivity index (χ0v) is 9.32. The van der Waals surface area contributed by atoms with Gasteiger partial charge in [0.2, 0.25) is 11.6 Å². The van der Waals surface area contributed by atoms with Gasteiger partial charge in [0.25, 0.3) is 5.56 Å². The second-order valence-corrected chi connectivity index (χ2v) is 3.34. The summed E-state index contributed by atoms with van der Waals surface area (Å²) in [7, 11) is 1.25. The van der Waals surface area contributed by atoms with Crippen LogP contribution in [0.1, 0.15) is 0 Å². The molecule has 1 rings (SSSR count). The summed E-state index contributed by atoms with van der Waals surface area (Å²) in [5, 5.41) is 22.3. The maximum atomic E-state index is 11.6. The Morgan fingerprint density at radius 2 is 2.28 bits per heavy atom. The number of carbonyl (C=O) groups is 1. The number of hydrogen-bond acceptors (Lipinski definition) is 8. The van der Waals surface area contributed by atoms with Crippen LogP contribution in [-0.2, 0) is 11.8 Å². The predicted octanol–water partition coefficient (Wildman–Crippen LogP) is -1.38. The fourth-order valence-corrected chi connectivity index (χ4v) is 1.16. The third-order valence-corrected chi connectivity index (χ3v) is 2.17. The van der Waals surface area contributed by atoms with Crippen LogP contribution in [0.5, 0.6) is 0 Å². The molecule has 10 heteroatoms. The van der Waals surface area contributed by atoms with Crippen molar-refractivity contribution < 1.29 is 15.0 Å². The van der Waals surface area contributed by atoms with Crippen LogP contribution < -0.4 is 16.6 Å². The molecule has 1 unspecified atom stereocenters. The first-order valence-electron chi connectivity index (χ1n) is 4.72. The molecule has 0 saturated heterocycles. The van der Waals surface area contributed by atoms with Crippen molar-refractivity contribution >= 4 is 23.4 Å². The van der Waals surface area contributed by atoms with Gasteiger partial charge in [0.1, 0.15) is 6.04 Å². The van der Waals surface area contributed by atoms with Gasteiger partial charge in [-0.15, -0.1) is 4.91 Å². The molecule has 1 aromatic heterocycles. The summed E-state index contributed by atoms with van der Waals surface area (Å²) in [5.41, 5.74) is 3.95. The number of aliphatic hydroxyl groups excluding tert-OH is 1. The van der Waals surface area contributed by atoms with Crippen molar-refractivity contribution in [1.82, 2.24) is 9.55 Å². The van der Waals surface area contributed by atoms with Gasteiger partial charge in [0, 0.05) is 7.05 Å². The van der Waals surface area contributed by atoms with E-state index < -0.39 is 35.7 Å². The largest absolute Gasteiger partial charge is 0.480 e. The van der Waals surface area contributed by atoms with Crippen LogP contribution in [0.15, 0.2) is 9.97 Å². The minimum atomic E-state index is -1.35. The summed E-state index contributed by atoms with van der Waals surface area (Å²) in [6.45, 7) is -0.710. The van der Waals surface area contributed by atoms with E-state index in [2.05, 4.69) is 15.5 Å². The lowest BCUT2D eigenvalue weighted by molar-refractivity contribution is -0.138. The third-order valence-electron chi connectivity index (χ3n) is 2.17. The number of anilines is 2. The SMILES string of the molecule is Cn1c(NC(CO)C(=O)O)nc(N)c(N=O)c1=O. The van der Waals surface area contributed by atoms with Gasteiger partial charge in [0.05, 0.1) is 6.61 Å². The van der Waals surface area contributed by atoms with E-state index in [1.54, 1.807) is 0 Å². The first kappa shape index (κ1) is 13.6. The van der Waals surface area contributed by atoms with Crippen LogP contribution >= 0.6 is 0 Å². The van der Waals surface area contributed by atoms with Crippen LogP contribution in [0.4, 0.5) is 17.5 Å². The molecule has 0 aliphatic carbocycles. The molecule has 0 aromatic carbocycles. The molecule has 0 spiro atoms. The highest BCUT2D eigenvalue weighted by Gasteiger charge is 2.20. The highest BCUT2D eigenvalue weighted by Crippen LogP contribution is 2.15. The average molecular weight is 257 g/mol. The Kier molecular flexibility index (Phi) is 3.94. The number of nitrogens with zero attached hydrogens (tertiary/aromatic N) is 3. The molecule has 0 saturated carbocycles. The van der Waals surface area contributed by atoms with Gasteiger partial charge >= 0.3 is 5.97 Å². The third kappa shape index (κ3) is 2.43. The van der Waals surface area contributed by atoms with E-state index in [1.807, 2.05) is 0 Å². The number of hydrogen-bond donors (Lipinski definition) is 4. The minimum Gasteiger partial charge on any atom is -0.480 e. The first-order chi connectivity index (χ1) is 8.42. The molecule has 18 heavy (non-hydrogen) atoms.